The lowest BCUT2D eigenvalue weighted by molar-refractivity contribution is -0.00316. The first-order valence-corrected chi connectivity index (χ1v) is 5.76. The van der Waals surface area contributed by atoms with Gasteiger partial charge in [0, 0.05) is 4.47 Å². The maximum atomic E-state index is 10.1. The van der Waals surface area contributed by atoms with Crippen LogP contribution < -0.4 is 0 Å². The highest BCUT2D eigenvalue weighted by atomic mass is 79.9. The molecule has 1 rings (SSSR count). The molecule has 2 nitrogen and oxygen atoms in total. The second-order valence-corrected chi connectivity index (χ2v) is 5.49. The van der Waals surface area contributed by atoms with Gasteiger partial charge >= 0.3 is 0 Å². The minimum Gasteiger partial charge on any atom is -0.388 e. The molecule has 1 aromatic rings. The first kappa shape index (κ1) is 12.7. The third-order valence-corrected chi connectivity index (χ3v) is 2.84. The van der Waals surface area contributed by atoms with Crippen LogP contribution in [0.15, 0.2) is 28.7 Å². The fourth-order valence-corrected chi connectivity index (χ4v) is 2.43. The van der Waals surface area contributed by atoms with Crippen LogP contribution in [-0.4, -0.2) is 29.7 Å². The zero-order valence-electron chi connectivity index (χ0n) is 9.66. The summed E-state index contributed by atoms with van der Waals surface area (Å²) in [7, 11) is 3.95. The minimum atomic E-state index is -0.760. The van der Waals surface area contributed by atoms with Gasteiger partial charge in [-0.05, 0) is 45.6 Å². The summed E-state index contributed by atoms with van der Waals surface area (Å²) >= 11 is 3.45. The Kier molecular flexibility index (Phi) is 3.93. The average Bonchev–Trinajstić information content (AvgIpc) is 1.99. The van der Waals surface area contributed by atoms with Crippen LogP contribution >= 0.6 is 15.9 Å². The van der Waals surface area contributed by atoms with Crippen molar-refractivity contribution in [2.24, 2.45) is 0 Å². The number of aliphatic hydroxyl groups is 1. The van der Waals surface area contributed by atoms with E-state index in [0.29, 0.717) is 0 Å². The van der Waals surface area contributed by atoms with E-state index in [-0.39, 0.29) is 6.04 Å². The van der Waals surface area contributed by atoms with Crippen molar-refractivity contribution in [2.75, 3.05) is 14.1 Å². The molecule has 0 bridgehead atoms. The van der Waals surface area contributed by atoms with Crippen LogP contribution in [-0.2, 0) is 0 Å². The van der Waals surface area contributed by atoms with Crippen molar-refractivity contribution >= 4 is 15.9 Å². The number of halogens is 1. The van der Waals surface area contributed by atoms with Crippen molar-refractivity contribution in [3.8, 4) is 0 Å². The quantitative estimate of drug-likeness (QED) is 0.914. The maximum absolute atomic E-state index is 10.1. The molecule has 0 heterocycles. The van der Waals surface area contributed by atoms with E-state index in [0.717, 1.165) is 10.0 Å². The maximum Gasteiger partial charge on any atom is 0.0787 e. The molecule has 3 heteroatoms. The second-order valence-electron chi connectivity index (χ2n) is 4.57. The lowest BCUT2D eigenvalue weighted by Crippen LogP contribution is -2.38. The average molecular weight is 272 g/mol. The fraction of sp³-hybridized carbons (Fsp3) is 0.500. The summed E-state index contributed by atoms with van der Waals surface area (Å²) in [5.41, 5.74) is 0.353. The van der Waals surface area contributed by atoms with Gasteiger partial charge in [-0.25, -0.2) is 0 Å². The zero-order chi connectivity index (χ0) is 11.6. The van der Waals surface area contributed by atoms with E-state index in [1.54, 1.807) is 0 Å². The Morgan fingerprint density at radius 3 is 2.33 bits per heavy atom. The molecule has 0 aliphatic rings. The van der Waals surface area contributed by atoms with Gasteiger partial charge in [0.15, 0.2) is 0 Å². The van der Waals surface area contributed by atoms with Crippen LogP contribution in [0.25, 0.3) is 0 Å². The molecule has 0 radical (unpaired) electrons. The molecule has 0 aromatic heterocycles. The highest BCUT2D eigenvalue weighted by Crippen LogP contribution is 2.31. The van der Waals surface area contributed by atoms with Gasteiger partial charge in [0.25, 0.3) is 0 Å². The third-order valence-electron chi connectivity index (χ3n) is 2.35. The Morgan fingerprint density at radius 1 is 1.33 bits per heavy atom. The highest BCUT2D eigenvalue weighted by molar-refractivity contribution is 9.10. The molecule has 0 aliphatic heterocycles. The molecule has 0 spiro atoms. The molecular formula is C12H18BrNO. The normalized spacial score (nSPS) is 14.3. The number of benzene rings is 1. The standard InChI is InChI=1S/C12H18BrNO/c1-12(2,15)11(14(3)4)9-6-5-7-10(13)8-9/h5-8,11,15H,1-4H3. The van der Waals surface area contributed by atoms with Crippen molar-refractivity contribution < 1.29 is 5.11 Å². The van der Waals surface area contributed by atoms with Crippen LogP contribution in [0.3, 0.4) is 0 Å². The Morgan fingerprint density at radius 2 is 1.93 bits per heavy atom. The summed E-state index contributed by atoms with van der Waals surface area (Å²) in [4.78, 5) is 2.03. The minimum absolute atomic E-state index is 0.00463. The molecule has 15 heavy (non-hydrogen) atoms. The smallest absolute Gasteiger partial charge is 0.0787 e. The van der Waals surface area contributed by atoms with E-state index in [2.05, 4.69) is 15.9 Å². The van der Waals surface area contributed by atoms with Crippen molar-refractivity contribution in [3.05, 3.63) is 34.3 Å². The van der Waals surface area contributed by atoms with Crippen LogP contribution in [0.4, 0.5) is 0 Å². The summed E-state index contributed by atoms with van der Waals surface area (Å²) in [6, 6.07) is 8.05. The zero-order valence-corrected chi connectivity index (χ0v) is 11.2. The summed E-state index contributed by atoms with van der Waals surface area (Å²) in [5, 5.41) is 10.1. The van der Waals surface area contributed by atoms with Gasteiger partial charge in [0.05, 0.1) is 11.6 Å². The highest BCUT2D eigenvalue weighted by Gasteiger charge is 2.30. The van der Waals surface area contributed by atoms with E-state index in [1.165, 1.54) is 0 Å². The summed E-state index contributed by atoms with van der Waals surface area (Å²) in [6.45, 7) is 3.66. The number of rotatable bonds is 3. The second kappa shape index (κ2) is 4.64. The Bertz CT molecular complexity index is 331. The molecule has 0 fully saturated rings. The fourth-order valence-electron chi connectivity index (χ4n) is 2.01. The molecule has 1 unspecified atom stereocenters. The first-order valence-electron chi connectivity index (χ1n) is 4.96. The third kappa shape index (κ3) is 3.30. The number of nitrogens with zero attached hydrogens (tertiary/aromatic N) is 1. The number of hydrogen-bond acceptors (Lipinski definition) is 2. The van der Waals surface area contributed by atoms with E-state index >= 15 is 0 Å². The van der Waals surface area contributed by atoms with Crippen LogP contribution in [0.2, 0.25) is 0 Å². The van der Waals surface area contributed by atoms with Gasteiger partial charge in [-0.2, -0.15) is 0 Å². The van der Waals surface area contributed by atoms with E-state index in [9.17, 15) is 5.11 Å². The molecule has 1 aromatic carbocycles. The largest absolute Gasteiger partial charge is 0.388 e. The van der Waals surface area contributed by atoms with Gasteiger partial charge in [-0.1, -0.05) is 28.1 Å². The number of likely N-dealkylation sites (N-methyl/N-ethyl adjacent to an activating group) is 1. The predicted octanol–water partition coefficient (Wildman–Crippen LogP) is 2.82. The van der Waals surface area contributed by atoms with Gasteiger partial charge < -0.3 is 5.11 Å². The van der Waals surface area contributed by atoms with Crippen molar-refractivity contribution in [3.63, 3.8) is 0 Å². The monoisotopic (exact) mass is 271 g/mol. The van der Waals surface area contributed by atoms with Crippen molar-refractivity contribution in [1.82, 2.24) is 4.90 Å². The van der Waals surface area contributed by atoms with E-state index in [4.69, 9.17) is 0 Å². The molecule has 84 valence electrons. The molecule has 1 N–H and O–H groups in total. The van der Waals surface area contributed by atoms with Crippen LogP contribution in [0, 0.1) is 0 Å². The lowest BCUT2D eigenvalue weighted by atomic mass is 9.91. The van der Waals surface area contributed by atoms with Crippen LogP contribution in [0.1, 0.15) is 25.5 Å². The van der Waals surface area contributed by atoms with Gasteiger partial charge in [-0.3, -0.25) is 4.90 Å². The molecule has 0 aliphatic carbocycles. The van der Waals surface area contributed by atoms with Crippen molar-refractivity contribution in [1.29, 1.82) is 0 Å². The Balaban J connectivity index is 3.11. The lowest BCUT2D eigenvalue weighted by Gasteiger charge is -2.35. The summed E-state index contributed by atoms with van der Waals surface area (Å²) in [6.07, 6.45) is 0. The Labute approximate surface area is 100 Å². The molecule has 0 saturated carbocycles. The number of hydrogen-bond donors (Lipinski definition) is 1. The molecule has 1 atom stereocenters. The molecule has 0 saturated heterocycles. The predicted molar refractivity (Wildman–Crippen MR) is 66.9 cm³/mol. The van der Waals surface area contributed by atoms with Gasteiger partial charge in [-0.15, -0.1) is 0 Å². The SMILES string of the molecule is CN(C)C(c1cccc(Br)c1)C(C)(C)O. The topological polar surface area (TPSA) is 23.5 Å². The summed E-state index contributed by atoms with van der Waals surface area (Å²) in [5.74, 6) is 0. The van der Waals surface area contributed by atoms with E-state index < -0.39 is 5.60 Å². The van der Waals surface area contributed by atoms with E-state index in [1.807, 2.05) is 57.1 Å². The Hall–Kier alpha value is -0.380. The van der Waals surface area contributed by atoms with Crippen molar-refractivity contribution in [2.45, 2.75) is 25.5 Å². The van der Waals surface area contributed by atoms with Gasteiger partial charge in [0.1, 0.15) is 0 Å². The molecule has 0 amide bonds. The summed E-state index contributed by atoms with van der Waals surface area (Å²) < 4.78 is 1.04. The molecular weight excluding hydrogens is 254 g/mol. The van der Waals surface area contributed by atoms with Crippen LogP contribution in [0.5, 0.6) is 0 Å². The van der Waals surface area contributed by atoms with Gasteiger partial charge in [0.2, 0.25) is 0 Å². The first-order chi connectivity index (χ1) is 6.82.